The predicted octanol–water partition coefficient (Wildman–Crippen LogP) is 5.12. The Kier molecular flexibility index (Phi) is 4.92. The van der Waals surface area contributed by atoms with Gasteiger partial charge in [0.05, 0.1) is 25.7 Å². The third-order valence-corrected chi connectivity index (χ3v) is 5.64. The molecule has 0 fully saturated rings. The highest BCUT2D eigenvalue weighted by molar-refractivity contribution is 5.71. The van der Waals surface area contributed by atoms with Gasteiger partial charge in [-0.3, -0.25) is 4.79 Å². The van der Waals surface area contributed by atoms with Gasteiger partial charge in [0.15, 0.2) is 0 Å². The van der Waals surface area contributed by atoms with Crippen LogP contribution >= 0.6 is 0 Å². The molecule has 2 aliphatic rings. The van der Waals surface area contributed by atoms with Crippen molar-refractivity contribution in [1.29, 1.82) is 0 Å². The maximum atomic E-state index is 13.3. The van der Waals surface area contributed by atoms with E-state index in [1.165, 1.54) is 13.2 Å². The highest BCUT2D eigenvalue weighted by Gasteiger charge is 2.38. The third kappa shape index (κ3) is 3.66. The van der Waals surface area contributed by atoms with Crippen molar-refractivity contribution in [3.05, 3.63) is 58.1 Å². The molecular weight excluding hydrogens is 385 g/mol. The van der Waals surface area contributed by atoms with Crippen molar-refractivity contribution in [3.63, 3.8) is 0 Å². The molecule has 2 atom stereocenters. The number of rotatable bonds is 4. The van der Waals surface area contributed by atoms with Gasteiger partial charge in [-0.05, 0) is 48.6 Å². The van der Waals surface area contributed by atoms with Crippen LogP contribution in [0.3, 0.4) is 0 Å². The molecule has 1 heterocycles. The van der Waals surface area contributed by atoms with Gasteiger partial charge in [0.25, 0.3) is 0 Å². The van der Waals surface area contributed by atoms with E-state index < -0.39 is 17.8 Å². The van der Waals surface area contributed by atoms with Crippen LogP contribution in [0.5, 0.6) is 11.5 Å². The minimum Gasteiger partial charge on any atom is -0.492 e. The number of carbonyl (C=O) groups is 1. The minimum atomic E-state index is -4.37. The molecule has 0 aromatic heterocycles. The summed E-state index contributed by atoms with van der Waals surface area (Å²) in [4.78, 5) is 11.5. The van der Waals surface area contributed by atoms with Gasteiger partial charge in [-0.25, -0.2) is 0 Å². The fraction of sp³-hybridized carbons (Fsp3) is 0.409. The first kappa shape index (κ1) is 19.6. The van der Waals surface area contributed by atoms with Crippen LogP contribution < -0.4 is 9.47 Å². The lowest BCUT2D eigenvalue weighted by Crippen LogP contribution is -2.11. The van der Waals surface area contributed by atoms with Crippen LogP contribution in [0, 0.1) is 6.92 Å². The number of alkyl halides is 3. The summed E-state index contributed by atoms with van der Waals surface area (Å²) in [6, 6.07) is 8.03. The minimum absolute atomic E-state index is 0.0738. The number of methoxy groups -OCH3 is 1. The number of fused-ring (bicyclic) bond motifs is 2. The zero-order valence-electron chi connectivity index (χ0n) is 16.1. The molecule has 0 saturated carbocycles. The molecule has 0 spiro atoms. The molecule has 0 saturated heterocycles. The lowest BCUT2D eigenvalue weighted by Gasteiger charge is -2.19. The SMILES string of the molecule is COC(=O)CC1COc2cc(OC3CCc4c(C(F)(F)F)ccc(C)c43)ccc21. The molecule has 154 valence electrons. The van der Waals surface area contributed by atoms with E-state index in [0.717, 1.165) is 17.2 Å². The van der Waals surface area contributed by atoms with E-state index in [1.807, 2.05) is 13.0 Å². The fourth-order valence-corrected chi connectivity index (χ4v) is 4.25. The van der Waals surface area contributed by atoms with Crippen LogP contribution in [0.2, 0.25) is 0 Å². The van der Waals surface area contributed by atoms with Crippen LogP contribution in [-0.2, 0) is 22.1 Å². The molecule has 0 radical (unpaired) electrons. The molecule has 0 bridgehead atoms. The van der Waals surface area contributed by atoms with Crippen molar-refractivity contribution in [3.8, 4) is 11.5 Å². The van der Waals surface area contributed by atoms with Gasteiger partial charge in [0.2, 0.25) is 0 Å². The molecule has 1 aliphatic heterocycles. The molecule has 29 heavy (non-hydrogen) atoms. The summed E-state index contributed by atoms with van der Waals surface area (Å²) >= 11 is 0. The summed E-state index contributed by atoms with van der Waals surface area (Å²) in [6.07, 6.45) is -3.75. The van der Waals surface area contributed by atoms with E-state index in [0.29, 0.717) is 42.1 Å². The number of ether oxygens (including phenoxy) is 3. The molecule has 2 unspecified atom stereocenters. The topological polar surface area (TPSA) is 44.8 Å². The molecule has 4 rings (SSSR count). The number of hydrogen-bond acceptors (Lipinski definition) is 4. The second-order valence-electron chi connectivity index (χ2n) is 7.45. The van der Waals surface area contributed by atoms with Gasteiger partial charge in [0.1, 0.15) is 17.6 Å². The molecule has 2 aromatic rings. The van der Waals surface area contributed by atoms with E-state index in [4.69, 9.17) is 14.2 Å². The number of aryl methyl sites for hydroxylation is 1. The largest absolute Gasteiger partial charge is 0.492 e. The smallest absolute Gasteiger partial charge is 0.416 e. The number of benzene rings is 2. The van der Waals surface area contributed by atoms with Crippen molar-refractivity contribution < 1.29 is 32.2 Å². The van der Waals surface area contributed by atoms with Gasteiger partial charge in [-0.2, -0.15) is 13.2 Å². The predicted molar refractivity (Wildman–Crippen MR) is 99.2 cm³/mol. The van der Waals surface area contributed by atoms with Gasteiger partial charge in [0, 0.05) is 17.5 Å². The second-order valence-corrected chi connectivity index (χ2v) is 7.45. The molecule has 0 N–H and O–H groups in total. The highest BCUT2D eigenvalue weighted by Crippen LogP contribution is 2.45. The number of hydrogen-bond donors (Lipinski definition) is 0. The van der Waals surface area contributed by atoms with Crippen LogP contribution in [0.25, 0.3) is 0 Å². The molecule has 2 aromatic carbocycles. The van der Waals surface area contributed by atoms with E-state index >= 15 is 0 Å². The first-order chi connectivity index (χ1) is 13.8. The maximum Gasteiger partial charge on any atom is 0.416 e. The van der Waals surface area contributed by atoms with Gasteiger partial charge < -0.3 is 14.2 Å². The Morgan fingerprint density at radius 3 is 2.76 bits per heavy atom. The first-order valence-electron chi connectivity index (χ1n) is 9.47. The fourth-order valence-electron chi connectivity index (χ4n) is 4.25. The number of carbonyl (C=O) groups excluding carboxylic acids is 1. The average molecular weight is 406 g/mol. The van der Waals surface area contributed by atoms with Crippen LogP contribution in [0.15, 0.2) is 30.3 Å². The summed E-state index contributed by atoms with van der Waals surface area (Å²) in [6.45, 7) is 2.19. The standard InChI is InChI=1S/C22H21F3O4/c1-12-3-7-17(22(23,24)25)16-6-8-18(21(12)16)29-14-4-5-15-13(9-20(26)27-2)11-28-19(15)10-14/h3-5,7,10,13,18H,6,8-9,11H2,1-2H3. The summed E-state index contributed by atoms with van der Waals surface area (Å²) in [5, 5.41) is 0. The van der Waals surface area contributed by atoms with E-state index in [2.05, 4.69) is 0 Å². The monoisotopic (exact) mass is 406 g/mol. The van der Waals surface area contributed by atoms with E-state index in [9.17, 15) is 18.0 Å². The van der Waals surface area contributed by atoms with E-state index in [1.54, 1.807) is 12.1 Å². The molecule has 1 aliphatic carbocycles. The van der Waals surface area contributed by atoms with Crippen LogP contribution in [0.1, 0.15) is 52.7 Å². The van der Waals surface area contributed by atoms with E-state index in [-0.39, 0.29) is 18.3 Å². The second kappa shape index (κ2) is 7.28. The number of esters is 1. The van der Waals surface area contributed by atoms with Gasteiger partial charge in [-0.1, -0.05) is 12.1 Å². The normalized spacial score (nSPS) is 20.0. The van der Waals surface area contributed by atoms with Gasteiger partial charge in [-0.15, -0.1) is 0 Å². The zero-order chi connectivity index (χ0) is 20.8. The lowest BCUT2D eigenvalue weighted by molar-refractivity contribution is -0.141. The van der Waals surface area contributed by atoms with Crippen molar-refractivity contribution in [2.75, 3.05) is 13.7 Å². The molecule has 7 heteroatoms. The maximum absolute atomic E-state index is 13.3. The van der Waals surface area contributed by atoms with Crippen molar-refractivity contribution in [2.45, 2.75) is 44.4 Å². The van der Waals surface area contributed by atoms with Crippen LogP contribution in [0.4, 0.5) is 13.2 Å². The Labute approximate surface area is 166 Å². The highest BCUT2D eigenvalue weighted by atomic mass is 19.4. The molecule has 0 amide bonds. The summed E-state index contributed by atoms with van der Waals surface area (Å²) in [5.41, 5.74) is 2.09. The van der Waals surface area contributed by atoms with Crippen molar-refractivity contribution in [1.82, 2.24) is 0 Å². The Morgan fingerprint density at radius 1 is 1.24 bits per heavy atom. The summed E-state index contributed by atoms with van der Waals surface area (Å²) in [7, 11) is 1.35. The Bertz CT molecular complexity index is 952. The quantitative estimate of drug-likeness (QED) is 0.662. The summed E-state index contributed by atoms with van der Waals surface area (Å²) < 4.78 is 56.5. The van der Waals surface area contributed by atoms with Crippen LogP contribution in [-0.4, -0.2) is 19.7 Å². The third-order valence-electron chi connectivity index (χ3n) is 5.64. The number of halogens is 3. The van der Waals surface area contributed by atoms with Crippen molar-refractivity contribution in [2.24, 2.45) is 0 Å². The first-order valence-corrected chi connectivity index (χ1v) is 9.47. The Morgan fingerprint density at radius 2 is 2.03 bits per heavy atom. The lowest BCUT2D eigenvalue weighted by atomic mass is 9.97. The Hall–Kier alpha value is -2.70. The molecular formula is C22H21F3O4. The zero-order valence-corrected chi connectivity index (χ0v) is 16.1. The Balaban J connectivity index is 1.57. The van der Waals surface area contributed by atoms with Gasteiger partial charge >= 0.3 is 12.1 Å². The molecule has 4 nitrogen and oxygen atoms in total. The average Bonchev–Trinajstić information content (AvgIpc) is 3.26. The summed E-state index contributed by atoms with van der Waals surface area (Å²) in [5.74, 6) is 0.799. The van der Waals surface area contributed by atoms with Crippen molar-refractivity contribution >= 4 is 5.97 Å².